The van der Waals surface area contributed by atoms with Gasteiger partial charge in [0.25, 0.3) is 5.56 Å². The van der Waals surface area contributed by atoms with E-state index in [0.717, 1.165) is 26.8 Å². The van der Waals surface area contributed by atoms with Gasteiger partial charge in [0.15, 0.2) is 11.8 Å². The molecule has 1 spiro atoms. The Kier molecular flexibility index (Phi) is 4.67. The molecule has 3 aromatic rings. The van der Waals surface area contributed by atoms with Crippen LogP contribution in [0.25, 0.3) is 11.1 Å². The number of hydrogen-bond donors (Lipinski definition) is 3. The Morgan fingerprint density at radius 3 is 2.65 bits per heavy atom. The zero-order chi connectivity index (χ0) is 21.8. The van der Waals surface area contributed by atoms with E-state index in [1.54, 1.807) is 0 Å². The molecule has 1 saturated heterocycles. The molecule has 0 unspecified atom stereocenters. The van der Waals surface area contributed by atoms with Gasteiger partial charge in [-0.05, 0) is 23.6 Å². The van der Waals surface area contributed by atoms with Gasteiger partial charge in [0.1, 0.15) is 12.2 Å². The second kappa shape index (κ2) is 7.28. The number of fused-ring (bicyclic) bond motifs is 2. The van der Waals surface area contributed by atoms with E-state index in [4.69, 9.17) is 9.47 Å². The van der Waals surface area contributed by atoms with Crippen molar-refractivity contribution >= 4 is 0 Å². The van der Waals surface area contributed by atoms with Crippen LogP contribution in [-0.2, 0) is 21.7 Å². The third-order valence-electron chi connectivity index (χ3n) is 6.06. The Balaban J connectivity index is 1.70. The summed E-state index contributed by atoms with van der Waals surface area (Å²) in [6.07, 6.45) is -2.46. The van der Waals surface area contributed by atoms with Crippen molar-refractivity contribution in [2.24, 2.45) is 0 Å². The van der Waals surface area contributed by atoms with Crippen LogP contribution >= 0.6 is 0 Å². The molecule has 8 heteroatoms. The minimum atomic E-state index is -1.49. The molecule has 3 heterocycles. The van der Waals surface area contributed by atoms with Crippen molar-refractivity contribution in [2.75, 3.05) is 6.61 Å². The number of nitrogens with zero attached hydrogens (tertiary/aromatic N) is 1. The summed E-state index contributed by atoms with van der Waals surface area (Å²) in [4.78, 5) is 26.0. The number of nitrogens with one attached hydrogen (secondary N) is 1. The summed E-state index contributed by atoms with van der Waals surface area (Å²) in [7, 11) is 0. The maximum atomic E-state index is 12.4. The van der Waals surface area contributed by atoms with Crippen LogP contribution in [0.2, 0.25) is 0 Å². The van der Waals surface area contributed by atoms with Crippen molar-refractivity contribution < 1.29 is 19.7 Å². The van der Waals surface area contributed by atoms with Gasteiger partial charge < -0.3 is 19.7 Å². The van der Waals surface area contributed by atoms with E-state index >= 15 is 0 Å². The predicted molar refractivity (Wildman–Crippen MR) is 111 cm³/mol. The van der Waals surface area contributed by atoms with E-state index in [1.807, 2.05) is 49.4 Å². The summed E-state index contributed by atoms with van der Waals surface area (Å²) >= 11 is 0. The highest BCUT2D eigenvalue weighted by Gasteiger charge is 2.59. The Bertz CT molecular complexity index is 1250. The lowest BCUT2D eigenvalue weighted by Gasteiger charge is -2.46. The van der Waals surface area contributed by atoms with Crippen molar-refractivity contribution in [2.45, 2.75) is 37.6 Å². The van der Waals surface area contributed by atoms with Gasteiger partial charge in [0.05, 0.1) is 13.2 Å². The third kappa shape index (κ3) is 2.99. The number of aryl methyl sites for hydroxylation is 1. The van der Waals surface area contributed by atoms with Crippen molar-refractivity contribution in [3.63, 3.8) is 0 Å². The molecule has 0 bridgehead atoms. The maximum Gasteiger partial charge on any atom is 0.330 e. The molecule has 4 atom stereocenters. The summed E-state index contributed by atoms with van der Waals surface area (Å²) < 4.78 is 12.9. The van der Waals surface area contributed by atoms with Gasteiger partial charge in [-0.25, -0.2) is 4.79 Å². The van der Waals surface area contributed by atoms with Crippen LogP contribution < -0.4 is 11.2 Å². The number of ether oxygens (including phenoxy) is 2. The lowest BCUT2D eigenvalue weighted by atomic mass is 9.76. The fourth-order valence-corrected chi connectivity index (χ4v) is 4.72. The molecule has 160 valence electrons. The number of aromatic amines is 1. The van der Waals surface area contributed by atoms with Crippen molar-refractivity contribution in [1.29, 1.82) is 0 Å². The SMILES string of the molecule is Cc1cc2c(c(-c3ccccc3)c1)[C@@]1(OC2)[C@H](O)CO[C@@H](n2ccc(=O)[nH]c2=O)[C@@H]1O. The number of aromatic nitrogens is 2. The molecule has 0 saturated carbocycles. The van der Waals surface area contributed by atoms with Gasteiger partial charge in [-0.2, -0.15) is 0 Å². The molecular weight excluding hydrogens is 400 g/mol. The second-order valence-electron chi connectivity index (χ2n) is 8.00. The molecule has 1 fully saturated rings. The summed E-state index contributed by atoms with van der Waals surface area (Å²) in [6.45, 7) is 2.03. The number of aliphatic hydroxyl groups excluding tert-OH is 2. The van der Waals surface area contributed by atoms with Crippen LogP contribution in [0.15, 0.2) is 64.3 Å². The standard InChI is InChI=1S/C23H22N2O6/c1-13-9-15-11-31-23(19(15)16(10-13)14-5-3-2-4-6-14)17(26)12-30-21(20(23)28)25-8-7-18(27)24-22(25)29/h2-10,17,20-21,26,28H,11-12H2,1H3,(H,24,27,29)/t17-,20+,21-,23+/m1/s1. The number of benzene rings is 2. The van der Waals surface area contributed by atoms with Gasteiger partial charge in [-0.15, -0.1) is 0 Å². The van der Waals surface area contributed by atoms with Gasteiger partial charge in [-0.3, -0.25) is 14.3 Å². The molecule has 8 nitrogen and oxygen atoms in total. The fourth-order valence-electron chi connectivity index (χ4n) is 4.72. The van der Waals surface area contributed by atoms with Crippen LogP contribution in [0.4, 0.5) is 0 Å². The number of H-pyrrole nitrogens is 1. The molecular formula is C23H22N2O6. The topological polar surface area (TPSA) is 114 Å². The number of rotatable bonds is 2. The van der Waals surface area contributed by atoms with Crippen LogP contribution in [-0.4, -0.2) is 38.6 Å². The van der Waals surface area contributed by atoms with Gasteiger partial charge in [0.2, 0.25) is 0 Å². The lowest BCUT2D eigenvalue weighted by molar-refractivity contribution is -0.279. The second-order valence-corrected chi connectivity index (χ2v) is 8.00. The van der Waals surface area contributed by atoms with Crippen LogP contribution in [0.1, 0.15) is 22.9 Å². The molecule has 0 radical (unpaired) electrons. The van der Waals surface area contributed by atoms with E-state index in [-0.39, 0.29) is 13.2 Å². The number of hydrogen-bond acceptors (Lipinski definition) is 6. The zero-order valence-corrected chi connectivity index (χ0v) is 16.8. The van der Waals surface area contributed by atoms with Gasteiger partial charge in [-0.1, -0.05) is 48.0 Å². The molecule has 31 heavy (non-hydrogen) atoms. The Labute approximate surface area is 177 Å². The molecule has 0 amide bonds. The molecule has 1 aromatic heterocycles. The molecule has 2 aromatic carbocycles. The van der Waals surface area contributed by atoms with Crippen LogP contribution in [0, 0.1) is 6.92 Å². The smallest absolute Gasteiger partial charge is 0.330 e. The number of aliphatic hydroxyl groups is 2. The van der Waals surface area contributed by atoms with Crippen molar-refractivity contribution in [3.05, 3.63) is 92.3 Å². The monoisotopic (exact) mass is 422 g/mol. The summed E-state index contributed by atoms with van der Waals surface area (Å²) in [5, 5.41) is 22.5. The van der Waals surface area contributed by atoms with Crippen LogP contribution in [0.3, 0.4) is 0 Å². The average Bonchev–Trinajstić information content (AvgIpc) is 3.13. The minimum absolute atomic E-state index is 0.158. The molecule has 0 aliphatic carbocycles. The zero-order valence-electron chi connectivity index (χ0n) is 16.8. The first-order chi connectivity index (χ1) is 14.9. The quantitative estimate of drug-likeness (QED) is 0.572. The first-order valence-electron chi connectivity index (χ1n) is 10.0. The predicted octanol–water partition coefficient (Wildman–Crippen LogP) is 1.19. The van der Waals surface area contributed by atoms with Gasteiger partial charge in [0, 0.05) is 17.8 Å². The highest BCUT2D eigenvalue weighted by molar-refractivity contribution is 5.72. The van der Waals surface area contributed by atoms with E-state index in [0.29, 0.717) is 5.56 Å². The minimum Gasteiger partial charge on any atom is -0.387 e. The lowest BCUT2D eigenvalue weighted by Crippen LogP contribution is -2.60. The highest BCUT2D eigenvalue weighted by Crippen LogP contribution is 2.51. The van der Waals surface area contributed by atoms with Crippen LogP contribution in [0.5, 0.6) is 0 Å². The molecule has 3 N–H and O–H groups in total. The Morgan fingerprint density at radius 2 is 1.90 bits per heavy atom. The first-order valence-corrected chi connectivity index (χ1v) is 10.0. The van der Waals surface area contributed by atoms with E-state index < -0.39 is 35.3 Å². The molecule has 2 aliphatic rings. The van der Waals surface area contributed by atoms with Crippen molar-refractivity contribution in [1.82, 2.24) is 9.55 Å². The van der Waals surface area contributed by atoms with Crippen molar-refractivity contribution in [3.8, 4) is 11.1 Å². The highest BCUT2D eigenvalue weighted by atomic mass is 16.6. The molecule has 2 aliphatic heterocycles. The van der Waals surface area contributed by atoms with E-state index in [2.05, 4.69) is 4.98 Å². The Morgan fingerprint density at radius 1 is 1.13 bits per heavy atom. The largest absolute Gasteiger partial charge is 0.387 e. The summed E-state index contributed by atoms with van der Waals surface area (Å²) in [5.41, 5.74) is 1.60. The average molecular weight is 422 g/mol. The van der Waals surface area contributed by atoms with Gasteiger partial charge >= 0.3 is 5.69 Å². The van der Waals surface area contributed by atoms with E-state index in [9.17, 15) is 19.8 Å². The maximum absolute atomic E-state index is 12.4. The summed E-state index contributed by atoms with van der Waals surface area (Å²) in [6, 6.07) is 14.8. The third-order valence-corrected chi connectivity index (χ3v) is 6.06. The normalized spacial score (nSPS) is 27.4. The summed E-state index contributed by atoms with van der Waals surface area (Å²) in [5.74, 6) is 0. The van der Waals surface area contributed by atoms with E-state index in [1.165, 1.54) is 12.3 Å². The molecule has 5 rings (SSSR count). The Hall–Kier alpha value is -3.04. The first kappa shape index (κ1) is 19.9. The fraction of sp³-hybridized carbons (Fsp3) is 0.304.